The van der Waals surface area contributed by atoms with Crippen molar-refractivity contribution in [2.75, 3.05) is 6.61 Å². The van der Waals surface area contributed by atoms with Crippen molar-refractivity contribution in [2.24, 2.45) is 5.73 Å². The summed E-state index contributed by atoms with van der Waals surface area (Å²) < 4.78 is 11.2. The number of aromatic nitrogens is 2. The Kier molecular flexibility index (Phi) is 4.20. The number of nitrogens with one attached hydrogen (secondary N) is 1. The van der Waals surface area contributed by atoms with Crippen LogP contribution in [0.5, 0.6) is 11.5 Å². The van der Waals surface area contributed by atoms with Gasteiger partial charge in [0.2, 0.25) is 0 Å². The second-order valence-electron chi connectivity index (χ2n) is 3.73. The third-order valence-electron chi connectivity index (χ3n) is 2.41. The van der Waals surface area contributed by atoms with E-state index in [1.165, 1.54) is 0 Å². The van der Waals surface area contributed by atoms with Gasteiger partial charge in [0.25, 0.3) is 0 Å². The highest BCUT2D eigenvalue weighted by molar-refractivity contribution is 5.39. The number of H-pyrrole nitrogens is 1. The maximum absolute atomic E-state index is 5.67. The van der Waals surface area contributed by atoms with Gasteiger partial charge < -0.3 is 20.2 Å². The lowest BCUT2D eigenvalue weighted by molar-refractivity contribution is 0.264. The van der Waals surface area contributed by atoms with Crippen molar-refractivity contribution in [3.8, 4) is 11.5 Å². The van der Waals surface area contributed by atoms with Crippen LogP contribution in [0.25, 0.3) is 0 Å². The summed E-state index contributed by atoms with van der Waals surface area (Å²) in [6, 6.07) is 7.58. The first-order valence-corrected chi connectivity index (χ1v) is 5.91. The molecule has 96 valence electrons. The zero-order valence-electron chi connectivity index (χ0n) is 10.3. The molecule has 3 N–H and O–H groups in total. The average Bonchev–Trinajstić information content (AvgIpc) is 2.86. The van der Waals surface area contributed by atoms with Gasteiger partial charge >= 0.3 is 0 Å². The highest BCUT2D eigenvalue weighted by Gasteiger charge is 2.05. The summed E-state index contributed by atoms with van der Waals surface area (Å²) in [5, 5.41) is 0. The standard InChI is InChI=1S/C13H17N3O2/c1-2-17-11-5-3-4-6-12(11)18-9-13-15-8-10(7-14)16-13/h3-6,8H,2,7,9,14H2,1H3,(H,15,16). The largest absolute Gasteiger partial charge is 0.490 e. The van der Waals surface area contributed by atoms with E-state index in [1.54, 1.807) is 6.20 Å². The minimum absolute atomic E-state index is 0.365. The molecule has 5 heteroatoms. The number of benzene rings is 1. The molecule has 1 aromatic heterocycles. The molecule has 0 fully saturated rings. The van der Waals surface area contributed by atoms with E-state index < -0.39 is 0 Å². The average molecular weight is 247 g/mol. The first kappa shape index (κ1) is 12.4. The zero-order valence-corrected chi connectivity index (χ0v) is 10.3. The van der Waals surface area contributed by atoms with Crippen molar-refractivity contribution in [3.63, 3.8) is 0 Å². The third kappa shape index (κ3) is 3.01. The lowest BCUT2D eigenvalue weighted by Crippen LogP contribution is -2.01. The first-order chi connectivity index (χ1) is 8.83. The SMILES string of the molecule is CCOc1ccccc1OCc1ncc(CN)[nH]1. The second kappa shape index (κ2) is 6.07. The van der Waals surface area contributed by atoms with Crippen LogP contribution in [0.15, 0.2) is 30.5 Å². The molecule has 0 radical (unpaired) electrons. The Hall–Kier alpha value is -2.01. The molecule has 0 aliphatic carbocycles. The molecule has 0 saturated heterocycles. The van der Waals surface area contributed by atoms with E-state index in [4.69, 9.17) is 15.2 Å². The fourth-order valence-electron chi connectivity index (χ4n) is 1.57. The van der Waals surface area contributed by atoms with Crippen LogP contribution in [0.1, 0.15) is 18.4 Å². The Labute approximate surface area is 106 Å². The Morgan fingerprint density at radius 3 is 2.56 bits per heavy atom. The molecule has 1 aromatic carbocycles. The van der Waals surface area contributed by atoms with Crippen LogP contribution in [0.2, 0.25) is 0 Å². The highest BCUT2D eigenvalue weighted by atomic mass is 16.5. The van der Waals surface area contributed by atoms with Crippen molar-refractivity contribution in [1.29, 1.82) is 0 Å². The monoisotopic (exact) mass is 247 g/mol. The van der Waals surface area contributed by atoms with Gasteiger partial charge in [-0.2, -0.15) is 0 Å². The number of imidazole rings is 1. The van der Waals surface area contributed by atoms with Gasteiger partial charge in [-0.05, 0) is 19.1 Å². The molecular weight excluding hydrogens is 230 g/mol. The number of para-hydroxylation sites is 2. The van der Waals surface area contributed by atoms with E-state index in [-0.39, 0.29) is 0 Å². The van der Waals surface area contributed by atoms with E-state index in [1.807, 2.05) is 31.2 Å². The number of hydrogen-bond donors (Lipinski definition) is 2. The predicted molar refractivity (Wildman–Crippen MR) is 68.4 cm³/mol. The van der Waals surface area contributed by atoms with Crippen molar-refractivity contribution >= 4 is 0 Å². The quantitative estimate of drug-likeness (QED) is 0.817. The smallest absolute Gasteiger partial charge is 0.161 e. The van der Waals surface area contributed by atoms with E-state index >= 15 is 0 Å². The summed E-state index contributed by atoms with van der Waals surface area (Å²) in [6.45, 7) is 3.36. The molecule has 0 bridgehead atoms. The molecule has 2 rings (SSSR count). The van der Waals surface area contributed by atoms with E-state index in [0.717, 1.165) is 17.3 Å². The minimum Gasteiger partial charge on any atom is -0.490 e. The van der Waals surface area contributed by atoms with Gasteiger partial charge in [0.05, 0.1) is 6.61 Å². The minimum atomic E-state index is 0.365. The summed E-state index contributed by atoms with van der Waals surface area (Å²) in [5.41, 5.74) is 6.40. The van der Waals surface area contributed by atoms with Crippen LogP contribution in [0.4, 0.5) is 0 Å². The van der Waals surface area contributed by atoms with Crippen LogP contribution in [0.3, 0.4) is 0 Å². The van der Waals surface area contributed by atoms with Crippen LogP contribution in [-0.2, 0) is 13.2 Å². The van der Waals surface area contributed by atoms with Crippen LogP contribution < -0.4 is 15.2 Å². The summed E-state index contributed by atoms with van der Waals surface area (Å²) in [5.74, 6) is 2.21. The molecule has 0 aliphatic rings. The molecule has 2 aromatic rings. The molecule has 0 amide bonds. The molecule has 18 heavy (non-hydrogen) atoms. The zero-order chi connectivity index (χ0) is 12.8. The molecule has 0 saturated carbocycles. The Bertz CT molecular complexity index is 496. The molecule has 0 aliphatic heterocycles. The fourth-order valence-corrected chi connectivity index (χ4v) is 1.57. The lowest BCUT2D eigenvalue weighted by Gasteiger charge is -2.10. The van der Waals surface area contributed by atoms with Crippen molar-refractivity contribution < 1.29 is 9.47 Å². The Balaban J connectivity index is 2.01. The van der Waals surface area contributed by atoms with Crippen molar-refractivity contribution in [3.05, 3.63) is 42.0 Å². The number of nitrogens with two attached hydrogens (primary N) is 1. The lowest BCUT2D eigenvalue weighted by atomic mass is 10.3. The number of aromatic amines is 1. The van der Waals surface area contributed by atoms with Crippen LogP contribution >= 0.6 is 0 Å². The van der Waals surface area contributed by atoms with Gasteiger partial charge in [-0.1, -0.05) is 12.1 Å². The molecule has 1 heterocycles. The topological polar surface area (TPSA) is 73.2 Å². The Morgan fingerprint density at radius 1 is 1.22 bits per heavy atom. The summed E-state index contributed by atoms with van der Waals surface area (Å²) >= 11 is 0. The molecule has 0 atom stereocenters. The van der Waals surface area contributed by atoms with Crippen LogP contribution in [0, 0.1) is 0 Å². The summed E-state index contributed by atoms with van der Waals surface area (Å²) in [4.78, 5) is 7.26. The molecule has 5 nitrogen and oxygen atoms in total. The first-order valence-electron chi connectivity index (χ1n) is 5.91. The van der Waals surface area contributed by atoms with Crippen LogP contribution in [-0.4, -0.2) is 16.6 Å². The van der Waals surface area contributed by atoms with Crippen molar-refractivity contribution in [2.45, 2.75) is 20.1 Å². The van der Waals surface area contributed by atoms with Gasteiger partial charge in [0.1, 0.15) is 12.4 Å². The van der Waals surface area contributed by atoms with Crippen molar-refractivity contribution in [1.82, 2.24) is 9.97 Å². The third-order valence-corrected chi connectivity index (χ3v) is 2.41. The van der Waals surface area contributed by atoms with Gasteiger partial charge in [-0.25, -0.2) is 4.98 Å². The fraction of sp³-hybridized carbons (Fsp3) is 0.308. The van der Waals surface area contributed by atoms with Gasteiger partial charge in [0.15, 0.2) is 11.5 Å². The molecular formula is C13H17N3O2. The molecule has 0 spiro atoms. The highest BCUT2D eigenvalue weighted by Crippen LogP contribution is 2.26. The van der Waals surface area contributed by atoms with E-state index in [9.17, 15) is 0 Å². The summed E-state index contributed by atoms with van der Waals surface area (Å²) in [6.07, 6.45) is 1.72. The maximum atomic E-state index is 5.67. The maximum Gasteiger partial charge on any atom is 0.161 e. The van der Waals surface area contributed by atoms with Gasteiger partial charge in [-0.3, -0.25) is 0 Å². The van der Waals surface area contributed by atoms with E-state index in [0.29, 0.717) is 25.5 Å². The number of rotatable bonds is 6. The predicted octanol–water partition coefficient (Wildman–Crippen LogP) is 1.85. The second-order valence-corrected chi connectivity index (χ2v) is 3.73. The molecule has 0 unspecified atom stereocenters. The normalized spacial score (nSPS) is 10.3. The number of hydrogen-bond acceptors (Lipinski definition) is 4. The van der Waals surface area contributed by atoms with Gasteiger partial charge in [0, 0.05) is 18.4 Å². The van der Waals surface area contributed by atoms with E-state index in [2.05, 4.69) is 9.97 Å². The van der Waals surface area contributed by atoms with Gasteiger partial charge in [-0.15, -0.1) is 0 Å². The number of nitrogens with zero attached hydrogens (tertiary/aromatic N) is 1. The Morgan fingerprint density at radius 2 is 1.94 bits per heavy atom. The number of ether oxygens (including phenoxy) is 2. The summed E-state index contributed by atoms with van der Waals surface area (Å²) in [7, 11) is 0.